The third-order valence-corrected chi connectivity index (χ3v) is 3.83. The number of hydrogen-bond donors (Lipinski definition) is 1. The van der Waals surface area contributed by atoms with Gasteiger partial charge in [-0.1, -0.05) is 6.42 Å². The summed E-state index contributed by atoms with van der Waals surface area (Å²) in [5.41, 5.74) is 0.478. The van der Waals surface area contributed by atoms with Crippen LogP contribution in [0.2, 0.25) is 0 Å². The van der Waals surface area contributed by atoms with Crippen molar-refractivity contribution in [2.45, 2.75) is 44.6 Å². The summed E-state index contributed by atoms with van der Waals surface area (Å²) in [6.45, 7) is 1.04. The Kier molecular flexibility index (Phi) is 5.13. The number of nitrogens with one attached hydrogen (secondary N) is 1. The van der Waals surface area contributed by atoms with E-state index in [1.807, 2.05) is 0 Å². The van der Waals surface area contributed by atoms with E-state index in [1.165, 1.54) is 25.0 Å². The summed E-state index contributed by atoms with van der Waals surface area (Å²) in [4.78, 5) is 0. The first-order valence-corrected chi connectivity index (χ1v) is 7.33. The first-order valence-electron chi connectivity index (χ1n) is 6.53. The van der Waals surface area contributed by atoms with E-state index in [0.717, 1.165) is 31.8 Å². The van der Waals surface area contributed by atoms with Gasteiger partial charge >= 0.3 is 0 Å². The van der Waals surface area contributed by atoms with E-state index < -0.39 is 0 Å². The molecule has 0 amide bonds. The molecule has 18 heavy (non-hydrogen) atoms. The maximum atomic E-state index is 13.5. The lowest BCUT2D eigenvalue weighted by atomic mass is 10.1. The average Bonchev–Trinajstić information content (AvgIpc) is 3.13. The fourth-order valence-corrected chi connectivity index (χ4v) is 2.28. The van der Waals surface area contributed by atoms with Crippen LogP contribution in [0.5, 0.6) is 0 Å². The van der Waals surface area contributed by atoms with Crippen molar-refractivity contribution >= 4 is 15.9 Å². The van der Waals surface area contributed by atoms with Crippen molar-refractivity contribution in [1.82, 2.24) is 5.32 Å². The van der Waals surface area contributed by atoms with Crippen LogP contribution in [0.15, 0.2) is 16.6 Å². The first kappa shape index (κ1) is 13.9. The van der Waals surface area contributed by atoms with E-state index in [4.69, 9.17) is 0 Å². The van der Waals surface area contributed by atoms with Crippen LogP contribution in [0.4, 0.5) is 8.78 Å². The van der Waals surface area contributed by atoms with Gasteiger partial charge in [0.15, 0.2) is 0 Å². The maximum Gasteiger partial charge on any atom is 0.137 e. The van der Waals surface area contributed by atoms with E-state index >= 15 is 0 Å². The molecule has 0 spiro atoms. The fraction of sp³-hybridized carbons (Fsp3) is 0.571. The van der Waals surface area contributed by atoms with Crippen LogP contribution in [0.3, 0.4) is 0 Å². The van der Waals surface area contributed by atoms with E-state index in [9.17, 15) is 8.78 Å². The highest BCUT2D eigenvalue weighted by Crippen LogP contribution is 2.21. The summed E-state index contributed by atoms with van der Waals surface area (Å²) in [6, 6.07) is 3.25. The van der Waals surface area contributed by atoms with Crippen LogP contribution >= 0.6 is 15.9 Å². The standard InChI is InChI=1S/C14H18BrF2N/c15-12-9-13(16)10(8-14(12)17)4-2-1-3-7-18-11-5-6-11/h8-9,11,18H,1-7H2. The van der Waals surface area contributed by atoms with Crippen molar-refractivity contribution in [3.63, 3.8) is 0 Å². The quantitative estimate of drug-likeness (QED) is 0.587. The lowest BCUT2D eigenvalue weighted by Crippen LogP contribution is -2.17. The van der Waals surface area contributed by atoms with Crippen LogP contribution < -0.4 is 5.32 Å². The summed E-state index contributed by atoms with van der Waals surface area (Å²) in [6.07, 6.45) is 6.30. The molecule has 0 aromatic heterocycles. The zero-order valence-corrected chi connectivity index (χ0v) is 11.9. The molecule has 0 atom stereocenters. The van der Waals surface area contributed by atoms with Gasteiger partial charge in [0.05, 0.1) is 4.47 Å². The van der Waals surface area contributed by atoms with E-state index in [2.05, 4.69) is 21.2 Å². The van der Waals surface area contributed by atoms with Gasteiger partial charge in [-0.05, 0) is 72.3 Å². The van der Waals surface area contributed by atoms with Crippen molar-refractivity contribution in [2.24, 2.45) is 0 Å². The smallest absolute Gasteiger partial charge is 0.137 e. The van der Waals surface area contributed by atoms with Gasteiger partial charge in [-0.15, -0.1) is 0 Å². The normalized spacial score (nSPS) is 15.1. The molecule has 0 unspecified atom stereocenters. The summed E-state index contributed by atoms with van der Waals surface area (Å²) < 4.78 is 27.0. The first-order chi connectivity index (χ1) is 8.66. The molecule has 1 N–H and O–H groups in total. The number of unbranched alkanes of at least 4 members (excludes halogenated alkanes) is 2. The molecule has 0 heterocycles. The molecular formula is C14H18BrF2N. The van der Waals surface area contributed by atoms with Crippen molar-refractivity contribution in [3.8, 4) is 0 Å². The summed E-state index contributed by atoms with van der Waals surface area (Å²) >= 11 is 2.98. The number of aryl methyl sites for hydroxylation is 1. The molecule has 0 bridgehead atoms. The highest BCUT2D eigenvalue weighted by Gasteiger charge is 2.19. The molecule has 1 aromatic rings. The lowest BCUT2D eigenvalue weighted by molar-refractivity contribution is 0.563. The van der Waals surface area contributed by atoms with E-state index in [1.54, 1.807) is 0 Å². The fourth-order valence-electron chi connectivity index (χ4n) is 1.97. The number of rotatable bonds is 7. The van der Waals surface area contributed by atoms with Crippen LogP contribution in [0.1, 0.15) is 37.7 Å². The number of halogens is 3. The molecule has 4 heteroatoms. The van der Waals surface area contributed by atoms with Crippen molar-refractivity contribution in [2.75, 3.05) is 6.54 Å². The Hall–Kier alpha value is -0.480. The minimum Gasteiger partial charge on any atom is -0.314 e. The second-order valence-corrected chi connectivity index (χ2v) is 5.75. The Morgan fingerprint density at radius 1 is 1.11 bits per heavy atom. The number of hydrogen-bond acceptors (Lipinski definition) is 1. The van der Waals surface area contributed by atoms with Gasteiger partial charge in [0.2, 0.25) is 0 Å². The third-order valence-electron chi connectivity index (χ3n) is 3.22. The van der Waals surface area contributed by atoms with Crippen molar-refractivity contribution in [1.29, 1.82) is 0 Å². The highest BCUT2D eigenvalue weighted by molar-refractivity contribution is 9.10. The Morgan fingerprint density at radius 2 is 1.89 bits per heavy atom. The average molecular weight is 318 g/mol. The van der Waals surface area contributed by atoms with Gasteiger partial charge in [0, 0.05) is 6.04 Å². The zero-order valence-electron chi connectivity index (χ0n) is 10.3. The zero-order chi connectivity index (χ0) is 13.0. The summed E-state index contributed by atoms with van der Waals surface area (Å²) in [7, 11) is 0. The Labute approximate surface area is 115 Å². The van der Waals surface area contributed by atoms with Gasteiger partial charge < -0.3 is 5.32 Å². The Balaban J connectivity index is 1.67. The molecule has 1 saturated carbocycles. The summed E-state index contributed by atoms with van der Waals surface area (Å²) in [5, 5.41) is 3.44. The SMILES string of the molecule is Fc1cc(CCCCCNC2CC2)c(F)cc1Br. The van der Waals surface area contributed by atoms with Gasteiger partial charge in [-0.25, -0.2) is 8.78 Å². The molecule has 0 radical (unpaired) electrons. The van der Waals surface area contributed by atoms with Crippen molar-refractivity contribution < 1.29 is 8.78 Å². The highest BCUT2D eigenvalue weighted by atomic mass is 79.9. The van der Waals surface area contributed by atoms with Crippen LogP contribution in [-0.2, 0) is 6.42 Å². The Morgan fingerprint density at radius 3 is 2.61 bits per heavy atom. The predicted octanol–water partition coefficient (Wildman–Crippen LogP) is 4.19. The third kappa shape index (κ3) is 4.32. The van der Waals surface area contributed by atoms with Gasteiger partial charge in [-0.3, -0.25) is 0 Å². The molecule has 0 aliphatic heterocycles. The second kappa shape index (κ2) is 6.62. The molecule has 1 aliphatic rings. The van der Waals surface area contributed by atoms with E-state index in [0.29, 0.717) is 12.0 Å². The summed E-state index contributed by atoms with van der Waals surface area (Å²) in [5.74, 6) is -0.707. The largest absolute Gasteiger partial charge is 0.314 e. The molecule has 0 saturated heterocycles. The molecule has 1 nitrogen and oxygen atoms in total. The minimum atomic E-state index is -0.387. The van der Waals surface area contributed by atoms with E-state index in [-0.39, 0.29) is 16.1 Å². The molecule has 1 fully saturated rings. The topological polar surface area (TPSA) is 12.0 Å². The predicted molar refractivity (Wildman–Crippen MR) is 72.6 cm³/mol. The van der Waals surface area contributed by atoms with Crippen LogP contribution in [0, 0.1) is 11.6 Å². The van der Waals surface area contributed by atoms with Crippen molar-refractivity contribution in [3.05, 3.63) is 33.8 Å². The number of benzene rings is 1. The van der Waals surface area contributed by atoms with Gasteiger partial charge in [0.25, 0.3) is 0 Å². The minimum absolute atomic E-state index is 0.192. The molecule has 100 valence electrons. The van der Waals surface area contributed by atoms with Crippen LogP contribution in [-0.4, -0.2) is 12.6 Å². The molecule has 1 aliphatic carbocycles. The monoisotopic (exact) mass is 317 g/mol. The second-order valence-electron chi connectivity index (χ2n) is 4.90. The molecule has 2 rings (SSSR count). The maximum absolute atomic E-state index is 13.5. The van der Waals surface area contributed by atoms with Crippen LogP contribution in [0.25, 0.3) is 0 Å². The van der Waals surface area contributed by atoms with Gasteiger partial charge in [-0.2, -0.15) is 0 Å². The Bertz CT molecular complexity index is 405. The molecule has 1 aromatic carbocycles. The van der Waals surface area contributed by atoms with Gasteiger partial charge in [0.1, 0.15) is 11.6 Å². The molecular weight excluding hydrogens is 300 g/mol. The lowest BCUT2D eigenvalue weighted by Gasteiger charge is -2.05.